The van der Waals surface area contributed by atoms with Crippen LogP contribution < -0.4 is 5.11 Å². The van der Waals surface area contributed by atoms with Crippen molar-refractivity contribution in [2.45, 2.75) is 48.0 Å². The first-order chi connectivity index (χ1) is 18.2. The van der Waals surface area contributed by atoms with E-state index in [1.165, 1.54) is 0 Å². The van der Waals surface area contributed by atoms with Crippen LogP contribution in [0.4, 0.5) is 0 Å². The zero-order valence-corrected chi connectivity index (χ0v) is 21.0. The van der Waals surface area contributed by atoms with E-state index in [1.54, 1.807) is 111 Å². The van der Waals surface area contributed by atoms with Gasteiger partial charge >= 0.3 is 5.97 Å². The Morgan fingerprint density at radius 1 is 0.537 bits per heavy atom. The fourth-order valence-corrected chi connectivity index (χ4v) is 3.69. The van der Waals surface area contributed by atoms with E-state index >= 15 is 0 Å². The second-order valence-corrected chi connectivity index (χ2v) is 8.74. The quantitative estimate of drug-likeness (QED) is 0.240. The van der Waals surface area contributed by atoms with Crippen molar-refractivity contribution in [3.8, 4) is 0 Å². The van der Waals surface area contributed by atoms with Gasteiger partial charge in [0, 0.05) is 34.1 Å². The molecule has 0 saturated heterocycles. The summed E-state index contributed by atoms with van der Waals surface area (Å²) in [5.41, 5.74) is 3.38. The van der Waals surface area contributed by atoms with Crippen molar-refractivity contribution in [3.05, 3.63) is 143 Å². The predicted octanol–water partition coefficient (Wildman–Crippen LogP) is 6.79. The molecule has 0 saturated carbocycles. The second-order valence-electron chi connectivity index (χ2n) is 8.74. The number of carbonyl (C=O) groups is 4. The molecule has 0 aliphatic rings. The molecule has 0 aromatic heterocycles. The number of hydrogen-bond acceptors (Lipinski definition) is 5. The molecule has 0 aliphatic carbocycles. The van der Waals surface area contributed by atoms with Gasteiger partial charge in [0.05, 0.1) is 5.92 Å². The summed E-state index contributed by atoms with van der Waals surface area (Å²) in [5, 5.41) is 19.9. The fraction of sp³-hybridized carbons (Fsp3) is 0.200. The monoisotopic (exact) mass is 555 g/mol. The first kappa shape index (κ1) is 36.2. The lowest BCUT2D eigenvalue weighted by Gasteiger charge is -2.13. The van der Waals surface area contributed by atoms with Gasteiger partial charge in [0.1, 0.15) is 0 Å². The van der Waals surface area contributed by atoms with Crippen LogP contribution in [0.3, 0.4) is 0 Å². The van der Waals surface area contributed by atoms with Gasteiger partial charge in [0.15, 0.2) is 11.6 Å². The standard InChI is InChI=1S/2C16H14O3.3CH4/c2*1-11(16(18)19)13-8-5-9-14(10-13)15(17)12-6-3-2-4-7-12;;;/h2*2-11H,1H3,(H,18,19);3*1H4/p-1. The van der Waals surface area contributed by atoms with Gasteiger partial charge in [-0.05, 0) is 30.2 Å². The molecule has 2 atom stereocenters. The topological polar surface area (TPSA) is 112 Å². The van der Waals surface area contributed by atoms with Gasteiger partial charge in [0.25, 0.3) is 0 Å². The third-order valence-corrected chi connectivity index (χ3v) is 6.09. The highest BCUT2D eigenvalue weighted by Crippen LogP contribution is 2.20. The normalized spacial score (nSPS) is 11.0. The molecular weight excluding hydrogens is 516 g/mol. The van der Waals surface area contributed by atoms with Gasteiger partial charge in [-0.1, -0.05) is 126 Å². The summed E-state index contributed by atoms with van der Waals surface area (Å²) in [6.45, 7) is 3.15. The van der Waals surface area contributed by atoms with Crippen LogP contribution in [-0.2, 0) is 9.59 Å². The second kappa shape index (κ2) is 17.0. The van der Waals surface area contributed by atoms with Crippen LogP contribution in [0, 0.1) is 0 Å². The van der Waals surface area contributed by atoms with Crippen LogP contribution in [-0.4, -0.2) is 28.6 Å². The molecule has 1 N–H and O–H groups in total. The Balaban J connectivity index is 0.000000727. The highest BCUT2D eigenvalue weighted by atomic mass is 16.4. The summed E-state index contributed by atoms with van der Waals surface area (Å²) in [5.74, 6) is -3.62. The molecule has 4 aromatic rings. The number of hydrogen-bond donors (Lipinski definition) is 1. The molecule has 0 heterocycles. The number of benzene rings is 4. The number of carboxylic acids is 2. The Labute approximate surface area is 243 Å². The minimum absolute atomic E-state index is 0. The first-order valence-corrected chi connectivity index (χ1v) is 12.0. The molecule has 0 radical (unpaired) electrons. The summed E-state index contributed by atoms with van der Waals surface area (Å²) in [6, 6.07) is 31.3. The zero-order chi connectivity index (χ0) is 27.7. The first-order valence-electron chi connectivity index (χ1n) is 12.0. The molecule has 0 fully saturated rings. The van der Waals surface area contributed by atoms with E-state index in [4.69, 9.17) is 5.11 Å². The largest absolute Gasteiger partial charge is 0.550 e. The summed E-state index contributed by atoms with van der Waals surface area (Å²) in [4.78, 5) is 46.3. The molecule has 0 bridgehead atoms. The van der Waals surface area contributed by atoms with Crippen LogP contribution in [0.15, 0.2) is 109 Å². The van der Waals surface area contributed by atoms with E-state index in [2.05, 4.69) is 0 Å². The number of rotatable bonds is 8. The van der Waals surface area contributed by atoms with Crippen LogP contribution >= 0.6 is 0 Å². The van der Waals surface area contributed by atoms with Crippen molar-refractivity contribution in [3.63, 3.8) is 0 Å². The Hall–Kier alpha value is -4.84. The lowest BCUT2D eigenvalue weighted by Crippen LogP contribution is -2.28. The summed E-state index contributed by atoms with van der Waals surface area (Å²) in [6.07, 6.45) is 0. The Morgan fingerprint density at radius 3 is 1.22 bits per heavy atom. The molecular formula is C35H39O6-. The minimum atomic E-state index is -1.15. The van der Waals surface area contributed by atoms with Gasteiger partial charge in [0.2, 0.25) is 0 Å². The molecule has 0 aliphatic heterocycles. The van der Waals surface area contributed by atoms with E-state index in [9.17, 15) is 24.3 Å². The van der Waals surface area contributed by atoms with Crippen LogP contribution in [0.1, 0.15) is 90.9 Å². The van der Waals surface area contributed by atoms with Crippen molar-refractivity contribution in [1.82, 2.24) is 0 Å². The van der Waals surface area contributed by atoms with Crippen molar-refractivity contribution in [2.24, 2.45) is 0 Å². The highest BCUT2D eigenvalue weighted by Gasteiger charge is 2.16. The lowest BCUT2D eigenvalue weighted by molar-refractivity contribution is -0.307. The maximum atomic E-state index is 12.2. The van der Waals surface area contributed by atoms with Crippen LogP contribution in [0.25, 0.3) is 0 Å². The minimum Gasteiger partial charge on any atom is -0.550 e. The third kappa shape index (κ3) is 9.69. The summed E-state index contributed by atoms with van der Waals surface area (Å²) >= 11 is 0. The van der Waals surface area contributed by atoms with Gasteiger partial charge in [-0.2, -0.15) is 0 Å². The summed E-state index contributed by atoms with van der Waals surface area (Å²) < 4.78 is 0. The van der Waals surface area contributed by atoms with Crippen molar-refractivity contribution >= 4 is 23.5 Å². The molecule has 2 unspecified atom stereocenters. The van der Waals surface area contributed by atoms with Gasteiger partial charge in [-0.3, -0.25) is 14.4 Å². The Bertz CT molecular complexity index is 1320. The van der Waals surface area contributed by atoms with Gasteiger partial charge < -0.3 is 15.0 Å². The maximum absolute atomic E-state index is 12.2. The lowest BCUT2D eigenvalue weighted by atomic mass is 9.96. The number of carbonyl (C=O) groups excluding carboxylic acids is 3. The highest BCUT2D eigenvalue weighted by molar-refractivity contribution is 6.09. The van der Waals surface area contributed by atoms with E-state index in [-0.39, 0.29) is 33.8 Å². The molecule has 216 valence electrons. The van der Waals surface area contributed by atoms with E-state index in [1.807, 2.05) is 12.1 Å². The molecule has 0 amide bonds. The fourth-order valence-electron chi connectivity index (χ4n) is 3.69. The molecule has 41 heavy (non-hydrogen) atoms. The van der Waals surface area contributed by atoms with Gasteiger partial charge in [-0.15, -0.1) is 0 Å². The van der Waals surface area contributed by atoms with Crippen molar-refractivity contribution in [1.29, 1.82) is 0 Å². The third-order valence-electron chi connectivity index (χ3n) is 6.09. The molecule has 4 rings (SSSR count). The van der Waals surface area contributed by atoms with Crippen LogP contribution in [0.5, 0.6) is 0 Å². The van der Waals surface area contributed by atoms with Gasteiger partial charge in [-0.25, -0.2) is 0 Å². The smallest absolute Gasteiger partial charge is 0.310 e. The van der Waals surface area contributed by atoms with E-state index in [0.717, 1.165) is 0 Å². The molecule has 4 aromatic carbocycles. The number of carboxylic acid groups (broad SMARTS) is 2. The molecule has 0 spiro atoms. The average Bonchev–Trinajstić information content (AvgIpc) is 2.96. The predicted molar refractivity (Wildman–Crippen MR) is 162 cm³/mol. The summed E-state index contributed by atoms with van der Waals surface area (Å²) in [7, 11) is 0. The van der Waals surface area contributed by atoms with Crippen LogP contribution in [0.2, 0.25) is 0 Å². The zero-order valence-electron chi connectivity index (χ0n) is 21.0. The average molecular weight is 556 g/mol. The molecule has 6 nitrogen and oxygen atoms in total. The molecule has 6 heteroatoms. The van der Waals surface area contributed by atoms with E-state index < -0.39 is 23.8 Å². The Kier molecular flexibility index (Phi) is 15.0. The SMILES string of the molecule is C.C.C.CC(C(=O)O)c1cccc(C(=O)c2ccccc2)c1.CC(C(=O)[O-])c1cccc(C(=O)c2ccccc2)c1. The Morgan fingerprint density at radius 2 is 0.878 bits per heavy atom. The van der Waals surface area contributed by atoms with Crippen molar-refractivity contribution in [2.75, 3.05) is 0 Å². The number of aliphatic carboxylic acids is 2. The van der Waals surface area contributed by atoms with E-state index in [0.29, 0.717) is 33.4 Å². The van der Waals surface area contributed by atoms with Crippen molar-refractivity contribution < 1.29 is 29.4 Å². The number of ketones is 2. The maximum Gasteiger partial charge on any atom is 0.310 e.